The highest BCUT2D eigenvalue weighted by atomic mass is 15.0. The third-order valence-electron chi connectivity index (χ3n) is 4.73. The summed E-state index contributed by atoms with van der Waals surface area (Å²) in [6.07, 6.45) is 1.76. The Bertz CT molecular complexity index is 910. The zero-order valence-electron chi connectivity index (χ0n) is 13.4. The molecule has 0 unspecified atom stereocenters. The molecule has 2 heterocycles. The van der Waals surface area contributed by atoms with Crippen molar-refractivity contribution >= 4 is 5.69 Å². The van der Waals surface area contributed by atoms with Crippen LogP contribution in [0.1, 0.15) is 28.4 Å². The Kier molecular flexibility index (Phi) is 3.32. The molecule has 1 aliphatic rings. The second-order valence-corrected chi connectivity index (χ2v) is 6.17. The molecule has 0 spiro atoms. The van der Waals surface area contributed by atoms with E-state index in [1.54, 1.807) is 6.20 Å². The molecule has 2 atom stereocenters. The average Bonchev–Trinajstić information content (AvgIpc) is 2.98. The van der Waals surface area contributed by atoms with Crippen LogP contribution in [0.2, 0.25) is 0 Å². The fourth-order valence-electron chi connectivity index (χ4n) is 3.52. The molecule has 0 aliphatic carbocycles. The summed E-state index contributed by atoms with van der Waals surface area (Å²) in [6, 6.07) is 24.6. The van der Waals surface area contributed by atoms with Crippen molar-refractivity contribution in [2.45, 2.75) is 18.4 Å². The van der Waals surface area contributed by atoms with Gasteiger partial charge in [0.05, 0.1) is 23.5 Å². The van der Waals surface area contributed by atoms with E-state index in [1.165, 1.54) is 5.56 Å². The molecule has 3 heteroatoms. The Morgan fingerprint density at radius 3 is 2.46 bits per heavy atom. The number of aromatic nitrogens is 1. The van der Waals surface area contributed by atoms with Gasteiger partial charge in [0.15, 0.2) is 5.41 Å². The van der Waals surface area contributed by atoms with E-state index < -0.39 is 5.41 Å². The third-order valence-corrected chi connectivity index (χ3v) is 4.73. The fraction of sp³-hybridized carbons (Fsp3) is 0.143. The van der Waals surface area contributed by atoms with Crippen LogP contribution in [0.3, 0.4) is 0 Å². The Hall–Kier alpha value is -3.12. The normalized spacial score (nSPS) is 21.6. The van der Waals surface area contributed by atoms with Crippen LogP contribution in [0.25, 0.3) is 0 Å². The van der Waals surface area contributed by atoms with Crippen molar-refractivity contribution in [1.82, 2.24) is 4.98 Å². The number of hydrogen-bond acceptors (Lipinski definition) is 3. The first kappa shape index (κ1) is 14.5. The lowest BCUT2D eigenvalue weighted by atomic mass is 9.72. The summed E-state index contributed by atoms with van der Waals surface area (Å²) in [5.74, 6) is 0. The maximum absolute atomic E-state index is 10.3. The maximum Gasteiger partial charge on any atom is 0.150 e. The van der Waals surface area contributed by atoms with Crippen LogP contribution in [-0.2, 0) is 5.41 Å². The third kappa shape index (κ3) is 2.00. The minimum Gasteiger partial charge on any atom is -0.374 e. The molecule has 0 bridgehead atoms. The Morgan fingerprint density at radius 1 is 1.00 bits per heavy atom. The minimum absolute atomic E-state index is 0.171. The average molecular weight is 311 g/mol. The van der Waals surface area contributed by atoms with Gasteiger partial charge in [0, 0.05) is 6.20 Å². The molecule has 0 radical (unpaired) electrons. The van der Waals surface area contributed by atoms with Gasteiger partial charge in [-0.2, -0.15) is 5.26 Å². The van der Waals surface area contributed by atoms with E-state index in [4.69, 9.17) is 0 Å². The van der Waals surface area contributed by atoms with Gasteiger partial charge in [-0.15, -0.1) is 0 Å². The number of rotatable bonds is 2. The first-order valence-electron chi connectivity index (χ1n) is 8.01. The van der Waals surface area contributed by atoms with Crippen molar-refractivity contribution in [1.29, 1.82) is 5.26 Å². The Labute approximate surface area is 141 Å². The van der Waals surface area contributed by atoms with Crippen molar-refractivity contribution in [3.05, 3.63) is 95.3 Å². The summed E-state index contributed by atoms with van der Waals surface area (Å²) < 4.78 is 0. The van der Waals surface area contributed by atoms with Gasteiger partial charge in [-0.05, 0) is 30.2 Å². The second kappa shape index (κ2) is 5.50. The number of nitriles is 1. The van der Waals surface area contributed by atoms with E-state index in [0.29, 0.717) is 0 Å². The molecular weight excluding hydrogens is 294 g/mol. The lowest BCUT2D eigenvalue weighted by molar-refractivity contribution is 0.574. The maximum atomic E-state index is 10.3. The van der Waals surface area contributed by atoms with E-state index in [2.05, 4.69) is 47.6 Å². The van der Waals surface area contributed by atoms with Gasteiger partial charge < -0.3 is 5.32 Å². The number of pyridine rings is 1. The summed E-state index contributed by atoms with van der Waals surface area (Å²) in [4.78, 5) is 4.57. The lowest BCUT2D eigenvalue weighted by Crippen LogP contribution is -2.32. The molecule has 3 aromatic rings. The van der Waals surface area contributed by atoms with Crippen LogP contribution in [0.4, 0.5) is 5.69 Å². The predicted molar refractivity (Wildman–Crippen MR) is 94.6 cm³/mol. The smallest absolute Gasteiger partial charge is 0.150 e. The zero-order chi connectivity index (χ0) is 16.6. The van der Waals surface area contributed by atoms with Crippen LogP contribution in [0.15, 0.2) is 72.9 Å². The van der Waals surface area contributed by atoms with Crippen molar-refractivity contribution in [3.8, 4) is 6.07 Å². The van der Waals surface area contributed by atoms with Crippen LogP contribution in [0.5, 0.6) is 0 Å². The Morgan fingerprint density at radius 2 is 1.75 bits per heavy atom. The molecule has 3 nitrogen and oxygen atoms in total. The number of anilines is 1. The summed E-state index contributed by atoms with van der Waals surface area (Å²) in [5.41, 5.74) is 4.13. The highest BCUT2D eigenvalue weighted by Gasteiger charge is 2.51. The predicted octanol–water partition coefficient (Wildman–Crippen LogP) is 4.37. The minimum atomic E-state index is -0.840. The molecule has 1 aromatic heterocycles. The zero-order valence-corrected chi connectivity index (χ0v) is 13.4. The van der Waals surface area contributed by atoms with E-state index in [0.717, 1.165) is 22.5 Å². The summed E-state index contributed by atoms with van der Waals surface area (Å²) in [5, 5.41) is 13.8. The number of nitrogens with one attached hydrogen (secondary N) is 1. The van der Waals surface area contributed by atoms with Crippen molar-refractivity contribution in [3.63, 3.8) is 0 Å². The van der Waals surface area contributed by atoms with Gasteiger partial charge in [0.1, 0.15) is 0 Å². The van der Waals surface area contributed by atoms with Gasteiger partial charge in [-0.1, -0.05) is 60.2 Å². The molecular formula is C21H17N3. The van der Waals surface area contributed by atoms with E-state index in [1.807, 2.05) is 42.5 Å². The van der Waals surface area contributed by atoms with Crippen molar-refractivity contribution in [2.24, 2.45) is 0 Å². The molecule has 0 amide bonds. The van der Waals surface area contributed by atoms with Gasteiger partial charge in [0.25, 0.3) is 0 Å². The lowest BCUT2D eigenvalue weighted by Gasteiger charge is -2.29. The highest BCUT2D eigenvalue weighted by Crippen LogP contribution is 2.51. The number of aryl methyl sites for hydroxylation is 1. The molecule has 0 saturated heterocycles. The molecule has 1 aliphatic heterocycles. The van der Waals surface area contributed by atoms with E-state index >= 15 is 0 Å². The van der Waals surface area contributed by atoms with Crippen molar-refractivity contribution < 1.29 is 0 Å². The SMILES string of the molecule is Cc1ccc([C@H]2Nc3cccnc3[C@]2(C#N)c2ccccc2)cc1. The molecule has 4 rings (SSSR count). The Balaban J connectivity index is 1.97. The van der Waals surface area contributed by atoms with Crippen LogP contribution >= 0.6 is 0 Å². The number of benzene rings is 2. The number of nitrogens with zero attached hydrogens (tertiary/aromatic N) is 2. The molecule has 0 saturated carbocycles. The number of hydrogen-bond donors (Lipinski definition) is 1. The second-order valence-electron chi connectivity index (χ2n) is 6.17. The molecule has 116 valence electrons. The molecule has 2 aromatic carbocycles. The first-order valence-corrected chi connectivity index (χ1v) is 8.01. The van der Waals surface area contributed by atoms with E-state index in [9.17, 15) is 5.26 Å². The number of fused-ring (bicyclic) bond motifs is 1. The van der Waals surface area contributed by atoms with Crippen molar-refractivity contribution in [2.75, 3.05) is 5.32 Å². The van der Waals surface area contributed by atoms with Crippen LogP contribution in [-0.4, -0.2) is 4.98 Å². The first-order chi connectivity index (χ1) is 11.8. The highest BCUT2D eigenvalue weighted by molar-refractivity contribution is 5.68. The van der Waals surface area contributed by atoms with Crippen LogP contribution in [0, 0.1) is 18.3 Å². The standard InChI is InChI=1S/C21H17N3/c1-15-9-11-16(12-10-15)19-21(14-22,17-6-3-2-4-7-17)20-18(24-19)8-5-13-23-20/h2-13,19,24H,1H3/t19-,21-/m1/s1. The molecule has 24 heavy (non-hydrogen) atoms. The summed E-state index contributed by atoms with van der Waals surface area (Å²) in [7, 11) is 0. The van der Waals surface area contributed by atoms with Gasteiger partial charge in [-0.25, -0.2) is 0 Å². The monoisotopic (exact) mass is 311 g/mol. The largest absolute Gasteiger partial charge is 0.374 e. The van der Waals surface area contributed by atoms with Gasteiger partial charge in [-0.3, -0.25) is 4.98 Å². The summed E-state index contributed by atoms with van der Waals surface area (Å²) >= 11 is 0. The van der Waals surface area contributed by atoms with Gasteiger partial charge >= 0.3 is 0 Å². The van der Waals surface area contributed by atoms with Crippen LogP contribution < -0.4 is 5.32 Å². The van der Waals surface area contributed by atoms with E-state index in [-0.39, 0.29) is 6.04 Å². The molecule has 1 N–H and O–H groups in total. The van der Waals surface area contributed by atoms with Gasteiger partial charge in [0.2, 0.25) is 0 Å². The summed E-state index contributed by atoms with van der Waals surface area (Å²) in [6.45, 7) is 2.07. The topological polar surface area (TPSA) is 48.7 Å². The fourth-order valence-corrected chi connectivity index (χ4v) is 3.52. The molecule has 0 fully saturated rings. The quantitative estimate of drug-likeness (QED) is 0.764.